The van der Waals surface area contributed by atoms with Crippen molar-refractivity contribution >= 4 is 17.5 Å². The fourth-order valence-corrected chi connectivity index (χ4v) is 3.39. The van der Waals surface area contributed by atoms with E-state index in [1.807, 2.05) is 30.3 Å². The molecule has 0 saturated heterocycles. The normalized spacial score (nSPS) is 28.2. The third-order valence-electron chi connectivity index (χ3n) is 4.23. The number of rotatable bonds is 2. The van der Waals surface area contributed by atoms with Crippen LogP contribution in [-0.2, 0) is 16.0 Å². The molecule has 0 aliphatic heterocycles. The molecule has 4 heteroatoms. The number of hydrogen-bond acceptors (Lipinski definition) is 2. The van der Waals surface area contributed by atoms with E-state index in [1.165, 1.54) is 0 Å². The molecule has 2 aliphatic rings. The zero-order valence-electron chi connectivity index (χ0n) is 10.2. The summed E-state index contributed by atoms with van der Waals surface area (Å²) >= 11 is 0. The third kappa shape index (κ3) is 1.75. The summed E-state index contributed by atoms with van der Waals surface area (Å²) in [4.78, 5) is 22.7. The van der Waals surface area contributed by atoms with Crippen molar-refractivity contribution in [3.63, 3.8) is 0 Å². The van der Waals surface area contributed by atoms with E-state index in [9.17, 15) is 19.8 Å². The van der Waals surface area contributed by atoms with Crippen molar-refractivity contribution in [2.24, 2.45) is 17.8 Å². The molecule has 1 aromatic carbocycles. The SMILES string of the molecule is O=C(O)C1CC=C2c3ccccc3CC2C1C(=O)O. The van der Waals surface area contributed by atoms with E-state index in [0.29, 0.717) is 12.8 Å². The van der Waals surface area contributed by atoms with Gasteiger partial charge in [0, 0.05) is 5.92 Å². The molecule has 19 heavy (non-hydrogen) atoms. The quantitative estimate of drug-likeness (QED) is 0.851. The second-order valence-corrected chi connectivity index (χ2v) is 5.17. The van der Waals surface area contributed by atoms with Crippen LogP contribution in [0.2, 0.25) is 0 Å². The van der Waals surface area contributed by atoms with E-state index in [0.717, 1.165) is 16.7 Å². The number of aliphatic carboxylic acids is 2. The van der Waals surface area contributed by atoms with Gasteiger partial charge in [-0.3, -0.25) is 9.59 Å². The second-order valence-electron chi connectivity index (χ2n) is 5.17. The summed E-state index contributed by atoms with van der Waals surface area (Å²) in [6.07, 6.45) is 2.84. The van der Waals surface area contributed by atoms with Crippen LogP contribution in [0.3, 0.4) is 0 Å². The van der Waals surface area contributed by atoms with Gasteiger partial charge in [0.2, 0.25) is 0 Å². The molecule has 0 radical (unpaired) electrons. The van der Waals surface area contributed by atoms with Gasteiger partial charge in [0.15, 0.2) is 0 Å². The monoisotopic (exact) mass is 258 g/mol. The number of allylic oxidation sites excluding steroid dienone is 2. The van der Waals surface area contributed by atoms with Crippen LogP contribution >= 0.6 is 0 Å². The maximum absolute atomic E-state index is 11.5. The minimum absolute atomic E-state index is 0.204. The molecule has 98 valence electrons. The zero-order valence-corrected chi connectivity index (χ0v) is 10.2. The van der Waals surface area contributed by atoms with Gasteiger partial charge in [-0.05, 0) is 29.5 Å². The Bertz CT molecular complexity index is 588. The maximum Gasteiger partial charge on any atom is 0.308 e. The first-order chi connectivity index (χ1) is 9.09. The summed E-state index contributed by atoms with van der Waals surface area (Å²) in [6, 6.07) is 7.84. The first kappa shape index (κ1) is 12.0. The van der Waals surface area contributed by atoms with Crippen LogP contribution in [0.4, 0.5) is 0 Å². The van der Waals surface area contributed by atoms with Gasteiger partial charge in [0.1, 0.15) is 0 Å². The average molecular weight is 258 g/mol. The van der Waals surface area contributed by atoms with Crippen molar-refractivity contribution in [1.82, 2.24) is 0 Å². The van der Waals surface area contributed by atoms with Crippen LogP contribution in [0.1, 0.15) is 17.5 Å². The predicted octanol–water partition coefficient (Wildman–Crippen LogP) is 2.05. The molecule has 3 rings (SSSR count). The van der Waals surface area contributed by atoms with E-state index >= 15 is 0 Å². The van der Waals surface area contributed by atoms with Crippen molar-refractivity contribution in [3.8, 4) is 0 Å². The first-order valence-corrected chi connectivity index (χ1v) is 6.33. The van der Waals surface area contributed by atoms with E-state index < -0.39 is 23.8 Å². The van der Waals surface area contributed by atoms with Crippen molar-refractivity contribution in [2.45, 2.75) is 12.8 Å². The van der Waals surface area contributed by atoms with Crippen molar-refractivity contribution in [2.75, 3.05) is 0 Å². The largest absolute Gasteiger partial charge is 0.481 e. The molecule has 0 heterocycles. The summed E-state index contributed by atoms with van der Waals surface area (Å²) in [5.41, 5.74) is 3.22. The van der Waals surface area contributed by atoms with E-state index in [1.54, 1.807) is 0 Å². The van der Waals surface area contributed by atoms with Gasteiger partial charge in [-0.25, -0.2) is 0 Å². The summed E-state index contributed by atoms with van der Waals surface area (Å²) in [7, 11) is 0. The maximum atomic E-state index is 11.5. The van der Waals surface area contributed by atoms with Gasteiger partial charge in [-0.2, -0.15) is 0 Å². The number of fused-ring (bicyclic) bond motifs is 3. The molecule has 3 unspecified atom stereocenters. The van der Waals surface area contributed by atoms with Gasteiger partial charge >= 0.3 is 11.9 Å². The van der Waals surface area contributed by atoms with Crippen LogP contribution in [0.5, 0.6) is 0 Å². The molecule has 2 aliphatic carbocycles. The number of carboxylic acids is 2. The summed E-state index contributed by atoms with van der Waals surface area (Å²) in [5.74, 6) is -3.87. The molecule has 0 spiro atoms. The van der Waals surface area contributed by atoms with Crippen LogP contribution < -0.4 is 0 Å². The Morgan fingerprint density at radius 3 is 2.53 bits per heavy atom. The Morgan fingerprint density at radius 2 is 1.84 bits per heavy atom. The predicted molar refractivity (Wildman–Crippen MR) is 68.5 cm³/mol. The molecule has 3 atom stereocenters. The minimum atomic E-state index is -1.02. The first-order valence-electron chi connectivity index (χ1n) is 6.33. The number of benzene rings is 1. The second kappa shape index (κ2) is 4.23. The van der Waals surface area contributed by atoms with Crippen LogP contribution in [0, 0.1) is 17.8 Å². The highest BCUT2D eigenvalue weighted by atomic mass is 16.4. The lowest BCUT2D eigenvalue weighted by Gasteiger charge is -2.30. The van der Waals surface area contributed by atoms with Crippen molar-refractivity contribution < 1.29 is 19.8 Å². The number of carbonyl (C=O) groups is 2. The highest BCUT2D eigenvalue weighted by Gasteiger charge is 2.46. The smallest absolute Gasteiger partial charge is 0.308 e. The molecule has 1 aromatic rings. The van der Waals surface area contributed by atoms with E-state index in [4.69, 9.17) is 0 Å². The summed E-state index contributed by atoms with van der Waals surface area (Å²) < 4.78 is 0. The van der Waals surface area contributed by atoms with Crippen LogP contribution in [-0.4, -0.2) is 22.2 Å². The molecular weight excluding hydrogens is 244 g/mol. The van der Waals surface area contributed by atoms with E-state index in [-0.39, 0.29) is 5.92 Å². The lowest BCUT2D eigenvalue weighted by atomic mass is 9.72. The van der Waals surface area contributed by atoms with Gasteiger partial charge < -0.3 is 10.2 Å². The Hall–Kier alpha value is -2.10. The Labute approximate surface area is 110 Å². The highest BCUT2D eigenvalue weighted by molar-refractivity contribution is 5.87. The standard InChI is InChI=1S/C15H14O4/c16-14(17)11-6-5-10-9-4-2-1-3-8(9)7-12(10)13(11)15(18)19/h1-5,11-13H,6-7H2,(H,16,17)(H,18,19). The van der Waals surface area contributed by atoms with Gasteiger partial charge in [0.05, 0.1) is 11.8 Å². The highest BCUT2D eigenvalue weighted by Crippen LogP contribution is 2.47. The summed E-state index contributed by atoms with van der Waals surface area (Å²) in [5, 5.41) is 18.6. The molecular formula is C15H14O4. The summed E-state index contributed by atoms with van der Waals surface area (Å²) in [6.45, 7) is 0. The Balaban J connectivity index is 2.05. The fourth-order valence-electron chi connectivity index (χ4n) is 3.39. The third-order valence-corrected chi connectivity index (χ3v) is 4.23. The fraction of sp³-hybridized carbons (Fsp3) is 0.333. The van der Waals surface area contributed by atoms with Gasteiger partial charge in [0.25, 0.3) is 0 Å². The number of hydrogen-bond donors (Lipinski definition) is 2. The van der Waals surface area contributed by atoms with Gasteiger partial charge in [-0.1, -0.05) is 30.3 Å². The van der Waals surface area contributed by atoms with Crippen molar-refractivity contribution in [3.05, 3.63) is 41.5 Å². The lowest BCUT2D eigenvalue weighted by molar-refractivity contribution is -0.155. The topological polar surface area (TPSA) is 74.6 Å². The number of carboxylic acid groups (broad SMARTS) is 2. The Kier molecular flexibility index (Phi) is 2.66. The lowest BCUT2D eigenvalue weighted by Crippen LogP contribution is -2.37. The Morgan fingerprint density at radius 1 is 1.11 bits per heavy atom. The molecule has 0 aromatic heterocycles. The van der Waals surface area contributed by atoms with Gasteiger partial charge in [-0.15, -0.1) is 0 Å². The van der Waals surface area contributed by atoms with Crippen LogP contribution in [0.15, 0.2) is 30.3 Å². The van der Waals surface area contributed by atoms with Crippen LogP contribution in [0.25, 0.3) is 5.57 Å². The minimum Gasteiger partial charge on any atom is -0.481 e. The molecule has 2 N–H and O–H groups in total. The molecule has 0 bridgehead atoms. The van der Waals surface area contributed by atoms with Crippen molar-refractivity contribution in [1.29, 1.82) is 0 Å². The molecule has 0 saturated carbocycles. The van der Waals surface area contributed by atoms with E-state index in [2.05, 4.69) is 0 Å². The molecule has 0 fully saturated rings. The molecule has 4 nitrogen and oxygen atoms in total. The average Bonchev–Trinajstić information content (AvgIpc) is 2.75. The molecule has 0 amide bonds. The zero-order chi connectivity index (χ0) is 13.6.